The third kappa shape index (κ3) is 3.88. The molecule has 2 atom stereocenters. The Hall–Kier alpha value is -4.86. The summed E-state index contributed by atoms with van der Waals surface area (Å²) >= 11 is 0. The largest absolute Gasteiger partial charge is 0.501 e. The van der Waals surface area contributed by atoms with Crippen LogP contribution in [0.25, 0.3) is 0 Å². The van der Waals surface area contributed by atoms with Gasteiger partial charge in [-0.15, -0.1) is 5.10 Å². The van der Waals surface area contributed by atoms with E-state index < -0.39 is 34.7 Å². The van der Waals surface area contributed by atoms with Crippen molar-refractivity contribution in [3.05, 3.63) is 75.5 Å². The van der Waals surface area contributed by atoms with Crippen LogP contribution in [0.15, 0.2) is 46.0 Å². The quantitative estimate of drug-likeness (QED) is 0.422. The summed E-state index contributed by atoms with van der Waals surface area (Å²) in [6, 6.07) is 9.12. The molecule has 34 heavy (non-hydrogen) atoms. The highest BCUT2D eigenvalue weighted by molar-refractivity contribution is 6.04. The van der Waals surface area contributed by atoms with Gasteiger partial charge in [0.1, 0.15) is 17.8 Å². The van der Waals surface area contributed by atoms with Gasteiger partial charge in [-0.25, -0.2) is 9.67 Å². The maximum Gasteiger partial charge on any atom is 0.296 e. The van der Waals surface area contributed by atoms with Crippen molar-refractivity contribution in [1.29, 1.82) is 5.26 Å². The molecular weight excluding hydrogens is 442 g/mol. The van der Waals surface area contributed by atoms with E-state index in [4.69, 9.17) is 0 Å². The van der Waals surface area contributed by atoms with Crippen LogP contribution in [-0.4, -0.2) is 45.9 Å². The zero-order chi connectivity index (χ0) is 24.4. The maximum atomic E-state index is 12.8. The smallest absolute Gasteiger partial charge is 0.296 e. The van der Waals surface area contributed by atoms with Crippen molar-refractivity contribution in [2.24, 2.45) is 14.1 Å². The van der Waals surface area contributed by atoms with Gasteiger partial charge in [-0.3, -0.25) is 14.2 Å². The fourth-order valence-corrected chi connectivity index (χ4v) is 3.78. The molecular formula is C21H19N9O4. The predicted molar refractivity (Wildman–Crippen MR) is 116 cm³/mol. The molecule has 0 saturated heterocycles. The van der Waals surface area contributed by atoms with Crippen LogP contribution in [0, 0.1) is 11.3 Å². The molecule has 4 rings (SSSR count). The highest BCUT2D eigenvalue weighted by Gasteiger charge is 2.33. The summed E-state index contributed by atoms with van der Waals surface area (Å²) in [6.07, 6.45) is 2.45. The number of tetrazole rings is 1. The SMILES string of the molecule is C[C@@H](c1nc(C(=O)Nc2cnoc2)c(O)c(=O)n1C)[C@@H](c1ccccc1C#N)c1nnnn1C. The lowest BCUT2D eigenvalue weighted by atomic mass is 9.83. The van der Waals surface area contributed by atoms with Gasteiger partial charge in [0.25, 0.3) is 11.5 Å². The normalized spacial score (nSPS) is 12.6. The Morgan fingerprint density at radius 1 is 1.26 bits per heavy atom. The van der Waals surface area contributed by atoms with E-state index in [0.717, 1.165) is 4.57 Å². The molecule has 172 valence electrons. The van der Waals surface area contributed by atoms with E-state index in [0.29, 0.717) is 17.0 Å². The number of benzene rings is 1. The third-order valence-corrected chi connectivity index (χ3v) is 5.46. The fraction of sp³-hybridized carbons (Fsp3) is 0.238. The Bertz CT molecular complexity index is 1450. The van der Waals surface area contributed by atoms with Crippen molar-refractivity contribution in [2.75, 3.05) is 5.32 Å². The van der Waals surface area contributed by atoms with E-state index in [1.165, 1.54) is 24.2 Å². The molecule has 3 heterocycles. The standard InChI is InChI=1S/C21H19N9O4/c1-11(15(19-26-27-28-30(19)3)14-7-5-4-6-12(14)8-22)18-25-16(17(31)21(33)29(18)2)20(32)24-13-9-23-34-10-13/h4-7,9-11,15,31H,1-3H3,(H,24,32)/t11-,15+/m1/s1. The molecule has 0 fully saturated rings. The molecule has 0 aliphatic heterocycles. The zero-order valence-corrected chi connectivity index (χ0v) is 18.4. The average molecular weight is 461 g/mol. The van der Waals surface area contributed by atoms with E-state index in [-0.39, 0.29) is 11.5 Å². The first-order valence-electron chi connectivity index (χ1n) is 10.0. The molecule has 1 amide bonds. The van der Waals surface area contributed by atoms with Crippen LogP contribution in [0.1, 0.15) is 52.0 Å². The number of aryl methyl sites for hydroxylation is 1. The number of rotatable bonds is 6. The van der Waals surface area contributed by atoms with Crippen molar-refractivity contribution in [2.45, 2.75) is 18.8 Å². The number of carbonyl (C=O) groups excluding carboxylic acids is 1. The predicted octanol–water partition coefficient (Wildman–Crippen LogP) is 1.06. The van der Waals surface area contributed by atoms with Crippen molar-refractivity contribution in [3.63, 3.8) is 0 Å². The minimum Gasteiger partial charge on any atom is -0.501 e. The van der Waals surface area contributed by atoms with Crippen LogP contribution in [-0.2, 0) is 14.1 Å². The molecule has 0 bridgehead atoms. The minimum absolute atomic E-state index is 0.180. The number of nitrogens with zero attached hydrogens (tertiary/aromatic N) is 8. The van der Waals surface area contributed by atoms with Crippen molar-refractivity contribution in [1.82, 2.24) is 34.9 Å². The maximum absolute atomic E-state index is 12.8. The van der Waals surface area contributed by atoms with Gasteiger partial charge in [0.15, 0.2) is 11.5 Å². The third-order valence-electron chi connectivity index (χ3n) is 5.46. The summed E-state index contributed by atoms with van der Waals surface area (Å²) in [5.74, 6) is -2.22. The number of nitriles is 1. The lowest BCUT2D eigenvalue weighted by Crippen LogP contribution is -2.30. The van der Waals surface area contributed by atoms with E-state index in [1.807, 2.05) is 0 Å². The molecule has 0 aliphatic carbocycles. The number of hydrogen-bond donors (Lipinski definition) is 2. The van der Waals surface area contributed by atoms with Gasteiger partial charge in [-0.2, -0.15) is 5.26 Å². The molecule has 0 aliphatic rings. The second-order valence-electron chi connectivity index (χ2n) is 7.52. The van der Waals surface area contributed by atoms with E-state index in [2.05, 4.69) is 41.6 Å². The topological polar surface area (TPSA) is 178 Å². The number of anilines is 1. The molecule has 0 unspecified atom stereocenters. The van der Waals surface area contributed by atoms with Gasteiger partial charge < -0.3 is 14.9 Å². The lowest BCUT2D eigenvalue weighted by Gasteiger charge is -2.25. The average Bonchev–Trinajstić information content (AvgIpc) is 3.50. The first-order chi connectivity index (χ1) is 16.3. The molecule has 3 aromatic heterocycles. The van der Waals surface area contributed by atoms with E-state index in [9.17, 15) is 20.0 Å². The van der Waals surface area contributed by atoms with Crippen molar-refractivity contribution < 1.29 is 14.4 Å². The number of nitrogens with one attached hydrogen (secondary N) is 1. The minimum atomic E-state index is -0.818. The molecule has 2 N–H and O–H groups in total. The van der Waals surface area contributed by atoms with Crippen LogP contribution < -0.4 is 10.9 Å². The number of amides is 1. The monoisotopic (exact) mass is 461 g/mol. The number of carbonyl (C=O) groups is 1. The van der Waals surface area contributed by atoms with Gasteiger partial charge >= 0.3 is 0 Å². The van der Waals surface area contributed by atoms with Crippen LogP contribution >= 0.6 is 0 Å². The van der Waals surface area contributed by atoms with Gasteiger partial charge in [-0.05, 0) is 22.1 Å². The Morgan fingerprint density at radius 2 is 2.03 bits per heavy atom. The zero-order valence-electron chi connectivity index (χ0n) is 18.4. The van der Waals surface area contributed by atoms with Crippen LogP contribution in [0.3, 0.4) is 0 Å². The Balaban J connectivity index is 1.87. The number of aromatic nitrogens is 7. The number of hydrogen-bond acceptors (Lipinski definition) is 10. The molecule has 13 heteroatoms. The van der Waals surface area contributed by atoms with E-state index in [1.54, 1.807) is 38.2 Å². The lowest BCUT2D eigenvalue weighted by molar-refractivity contribution is 0.101. The fourth-order valence-electron chi connectivity index (χ4n) is 3.78. The van der Waals surface area contributed by atoms with Crippen molar-refractivity contribution in [3.8, 4) is 11.8 Å². The van der Waals surface area contributed by atoms with Crippen LogP contribution in [0.4, 0.5) is 5.69 Å². The molecule has 13 nitrogen and oxygen atoms in total. The highest BCUT2D eigenvalue weighted by Crippen LogP contribution is 2.37. The molecule has 4 aromatic rings. The van der Waals surface area contributed by atoms with Gasteiger partial charge in [0, 0.05) is 20.0 Å². The van der Waals surface area contributed by atoms with Crippen LogP contribution in [0.2, 0.25) is 0 Å². The molecule has 1 aromatic carbocycles. The first kappa shape index (κ1) is 22.3. The summed E-state index contributed by atoms with van der Waals surface area (Å²) in [4.78, 5) is 29.9. The summed E-state index contributed by atoms with van der Waals surface area (Å²) < 4.78 is 7.30. The van der Waals surface area contributed by atoms with Crippen LogP contribution in [0.5, 0.6) is 5.75 Å². The second-order valence-corrected chi connectivity index (χ2v) is 7.52. The molecule has 0 spiro atoms. The Morgan fingerprint density at radius 3 is 2.68 bits per heavy atom. The number of aromatic hydroxyl groups is 1. The molecule has 0 radical (unpaired) electrons. The van der Waals surface area contributed by atoms with Gasteiger partial charge in [0.2, 0.25) is 5.75 Å². The molecule has 0 saturated carbocycles. The summed E-state index contributed by atoms with van der Waals surface area (Å²) in [6.45, 7) is 1.77. The Kier molecular flexibility index (Phi) is 5.88. The first-order valence-corrected chi connectivity index (χ1v) is 10.0. The summed E-state index contributed by atoms with van der Waals surface area (Å²) in [5, 5.41) is 37.7. The second kappa shape index (κ2) is 8.94. The van der Waals surface area contributed by atoms with Gasteiger partial charge in [-0.1, -0.05) is 30.3 Å². The Labute approximate surface area is 192 Å². The highest BCUT2D eigenvalue weighted by atomic mass is 16.5. The summed E-state index contributed by atoms with van der Waals surface area (Å²) in [5.41, 5.74) is -0.0255. The van der Waals surface area contributed by atoms with Gasteiger partial charge in [0.05, 0.1) is 23.7 Å². The van der Waals surface area contributed by atoms with Crippen molar-refractivity contribution >= 4 is 11.6 Å². The summed E-state index contributed by atoms with van der Waals surface area (Å²) in [7, 11) is 3.09. The van der Waals surface area contributed by atoms with E-state index >= 15 is 0 Å².